The zero-order valence-electron chi connectivity index (χ0n) is 9.45. The van der Waals surface area contributed by atoms with Crippen molar-refractivity contribution in [3.05, 3.63) is 29.6 Å². The van der Waals surface area contributed by atoms with Crippen molar-refractivity contribution in [2.45, 2.75) is 18.9 Å². The summed E-state index contributed by atoms with van der Waals surface area (Å²) in [6.07, 6.45) is 1.41. The lowest BCUT2D eigenvalue weighted by Gasteiger charge is -2.18. The average molecular weight is 280 g/mol. The van der Waals surface area contributed by atoms with Crippen LogP contribution in [-0.2, 0) is 11.9 Å². The molecule has 0 fully saturated rings. The van der Waals surface area contributed by atoms with Gasteiger partial charge in [-0.2, -0.15) is 0 Å². The van der Waals surface area contributed by atoms with Crippen LogP contribution in [0.15, 0.2) is 18.2 Å². The van der Waals surface area contributed by atoms with Gasteiger partial charge in [0, 0.05) is 17.5 Å². The van der Waals surface area contributed by atoms with Gasteiger partial charge in [0.1, 0.15) is 11.6 Å². The van der Waals surface area contributed by atoms with Gasteiger partial charge >= 0.3 is 0 Å². The summed E-state index contributed by atoms with van der Waals surface area (Å²) in [4.78, 5) is 0. The fraction of sp³-hybridized carbons (Fsp3) is 0.455. The van der Waals surface area contributed by atoms with E-state index < -0.39 is 0 Å². The minimum atomic E-state index is -0.346. The van der Waals surface area contributed by atoms with Crippen molar-refractivity contribution in [3.8, 4) is 5.75 Å². The minimum absolute atomic E-state index is 0.196. The number of hydrogen-bond donors (Lipinski definition) is 2. The number of methoxy groups -OCH3 is 1. The molecule has 96 valence electrons. The molecule has 17 heavy (non-hydrogen) atoms. The number of alkyl halides is 1. The van der Waals surface area contributed by atoms with Gasteiger partial charge in [0.05, 0.1) is 19.0 Å². The highest BCUT2D eigenvalue weighted by Crippen LogP contribution is 2.28. The Kier molecular flexibility index (Phi) is 6.47. The first-order valence-corrected chi connectivity index (χ1v) is 6.55. The molecule has 0 bridgehead atoms. The predicted octanol–water partition coefficient (Wildman–Crippen LogP) is 2.34. The fourth-order valence-corrected chi connectivity index (χ4v) is 2.16. The first-order valence-electron chi connectivity index (χ1n) is 5.20. The van der Waals surface area contributed by atoms with E-state index in [2.05, 4.69) is 4.72 Å². The molecule has 1 atom stereocenters. The van der Waals surface area contributed by atoms with E-state index in [9.17, 15) is 8.60 Å². The summed E-state index contributed by atoms with van der Waals surface area (Å²) < 4.78 is 31.8. The lowest BCUT2D eigenvalue weighted by atomic mass is 10.0. The summed E-state index contributed by atoms with van der Waals surface area (Å²) in [5.74, 6) is 0.731. The molecule has 0 radical (unpaired) electrons. The summed E-state index contributed by atoms with van der Waals surface area (Å²) in [5.41, 5.74) is 0.654. The van der Waals surface area contributed by atoms with Gasteiger partial charge in [0.25, 0.3) is 0 Å². The lowest BCUT2D eigenvalue weighted by Crippen LogP contribution is -2.18. The van der Waals surface area contributed by atoms with E-state index in [-0.39, 0.29) is 23.7 Å². The third-order valence-electron chi connectivity index (χ3n) is 2.40. The van der Waals surface area contributed by atoms with Crippen LogP contribution in [0.25, 0.3) is 0 Å². The lowest BCUT2D eigenvalue weighted by molar-refractivity contribution is 0.400. The molecule has 0 aliphatic rings. The molecule has 1 N–H and O–H groups in total. The van der Waals surface area contributed by atoms with E-state index in [4.69, 9.17) is 16.3 Å². The summed E-state index contributed by atoms with van der Waals surface area (Å²) >= 11 is 5.43. The number of hydrogen-bond acceptors (Lipinski definition) is 2. The second-order valence-electron chi connectivity index (χ2n) is 3.49. The van der Waals surface area contributed by atoms with Crippen LogP contribution in [0.1, 0.15) is 24.4 Å². The third-order valence-corrected chi connectivity index (χ3v) is 3.09. The van der Waals surface area contributed by atoms with Crippen molar-refractivity contribution in [1.29, 1.82) is 0 Å². The molecule has 1 rings (SSSR count). The molecule has 0 aromatic heterocycles. The van der Waals surface area contributed by atoms with Gasteiger partial charge < -0.3 is 4.74 Å². The molecular formula is C11H15ClFNO2S. The number of ether oxygens (including phenoxy) is 1. The van der Waals surface area contributed by atoms with Crippen molar-refractivity contribution < 1.29 is 13.3 Å². The quantitative estimate of drug-likeness (QED) is 0.594. The van der Waals surface area contributed by atoms with Crippen LogP contribution < -0.4 is 9.46 Å². The largest absolute Gasteiger partial charge is 0.496 e. The van der Waals surface area contributed by atoms with E-state index in [0.717, 1.165) is 6.42 Å². The Morgan fingerprint density at radius 3 is 2.94 bits per heavy atom. The molecule has 0 saturated carbocycles. The topological polar surface area (TPSA) is 38.3 Å². The van der Waals surface area contributed by atoms with E-state index in [0.29, 0.717) is 23.6 Å². The van der Waals surface area contributed by atoms with Gasteiger partial charge in [0.2, 0.25) is 0 Å². The minimum Gasteiger partial charge on any atom is -0.496 e. The molecule has 0 saturated heterocycles. The first kappa shape index (κ1) is 14.4. The van der Waals surface area contributed by atoms with Crippen LogP contribution in [0, 0.1) is 5.82 Å². The summed E-state index contributed by atoms with van der Waals surface area (Å²) in [6, 6.07) is 4.03. The first-order chi connectivity index (χ1) is 8.22. The Labute approximate surface area is 109 Å². The van der Waals surface area contributed by atoms with E-state index in [1.807, 2.05) is 0 Å². The summed E-state index contributed by atoms with van der Waals surface area (Å²) in [6.45, 7) is 0. The molecule has 0 aliphatic heterocycles. The van der Waals surface area contributed by atoms with E-state index in [1.165, 1.54) is 19.2 Å². The van der Waals surface area contributed by atoms with Gasteiger partial charge in [-0.3, -0.25) is 0 Å². The average Bonchev–Trinajstić information content (AvgIpc) is 2.34. The van der Waals surface area contributed by atoms with Gasteiger partial charge in [-0.1, -0.05) is 0 Å². The zero-order chi connectivity index (χ0) is 12.7. The van der Waals surface area contributed by atoms with Gasteiger partial charge in [0.15, 0.2) is 0 Å². The van der Waals surface area contributed by atoms with Crippen molar-refractivity contribution in [2.24, 2.45) is 0 Å². The number of halogens is 2. The Morgan fingerprint density at radius 2 is 2.35 bits per heavy atom. The van der Waals surface area contributed by atoms with Crippen LogP contribution in [0.5, 0.6) is 5.75 Å². The Balaban J connectivity index is 2.97. The normalized spacial score (nSPS) is 12.4. The standard InChI is InChI=1S/C11H15ClFNO2S/c1-16-11-5-4-8(13)7-9(11)10(14-17-15)3-2-6-12/h4-5,7,10,17H,2-3,6H2,1H3,(H,14,15). The molecular weight excluding hydrogens is 265 g/mol. The molecule has 0 spiro atoms. The number of thiol groups is 1. The van der Waals surface area contributed by atoms with Crippen molar-refractivity contribution in [1.82, 2.24) is 4.72 Å². The van der Waals surface area contributed by atoms with Crippen molar-refractivity contribution >= 4 is 23.5 Å². The summed E-state index contributed by atoms with van der Waals surface area (Å²) in [5, 5.41) is 0. The van der Waals surface area contributed by atoms with Crippen molar-refractivity contribution in [3.63, 3.8) is 0 Å². The fourth-order valence-electron chi connectivity index (χ4n) is 1.61. The van der Waals surface area contributed by atoms with Crippen LogP contribution in [0.4, 0.5) is 4.39 Å². The number of nitrogens with one attached hydrogen (secondary N) is 1. The van der Waals surface area contributed by atoms with Crippen LogP contribution in [-0.4, -0.2) is 17.2 Å². The highest BCUT2D eigenvalue weighted by atomic mass is 35.5. The van der Waals surface area contributed by atoms with E-state index >= 15 is 0 Å². The maximum atomic E-state index is 13.2. The molecule has 0 heterocycles. The molecule has 1 aromatic carbocycles. The number of rotatable bonds is 7. The smallest absolute Gasteiger partial charge is 0.123 e. The number of benzene rings is 1. The SMILES string of the molecule is COc1ccc(F)cc1C(CCCCl)N[SH]=O. The van der Waals surface area contributed by atoms with Gasteiger partial charge in [-0.15, -0.1) is 11.6 Å². The molecule has 0 aliphatic carbocycles. The molecule has 1 aromatic rings. The third kappa shape index (κ3) is 4.26. The Morgan fingerprint density at radius 1 is 1.59 bits per heavy atom. The van der Waals surface area contributed by atoms with Crippen LogP contribution in [0.3, 0.4) is 0 Å². The molecule has 3 nitrogen and oxygen atoms in total. The highest BCUT2D eigenvalue weighted by molar-refractivity contribution is 7.63. The second-order valence-corrected chi connectivity index (χ2v) is 4.31. The molecule has 0 amide bonds. The Hall–Kier alpha value is -0.650. The zero-order valence-corrected chi connectivity index (χ0v) is 11.1. The van der Waals surface area contributed by atoms with Gasteiger partial charge in [-0.05, 0) is 31.0 Å². The maximum absolute atomic E-state index is 13.2. The molecule has 1 unspecified atom stereocenters. The Bertz CT molecular complexity index is 378. The highest BCUT2D eigenvalue weighted by Gasteiger charge is 2.16. The monoisotopic (exact) mass is 279 g/mol. The van der Waals surface area contributed by atoms with E-state index in [1.54, 1.807) is 6.07 Å². The summed E-state index contributed by atoms with van der Waals surface area (Å²) in [7, 11) is 1.52. The van der Waals surface area contributed by atoms with Crippen LogP contribution in [0.2, 0.25) is 0 Å². The predicted molar refractivity (Wildman–Crippen MR) is 68.3 cm³/mol. The van der Waals surface area contributed by atoms with Crippen molar-refractivity contribution in [2.75, 3.05) is 13.0 Å². The van der Waals surface area contributed by atoms with Crippen LogP contribution >= 0.6 is 11.6 Å². The molecule has 6 heteroatoms. The second kappa shape index (κ2) is 7.63. The maximum Gasteiger partial charge on any atom is 0.123 e. The van der Waals surface area contributed by atoms with Gasteiger partial charge in [-0.25, -0.2) is 13.3 Å².